The number of hydrogen-bond donors (Lipinski definition) is 1. The maximum Gasteiger partial charge on any atom is 0.343 e. The number of imidazole rings is 1. The van der Waals surface area contributed by atoms with E-state index in [0.717, 1.165) is 41.8 Å². The van der Waals surface area contributed by atoms with Crippen LogP contribution in [0.5, 0.6) is 11.5 Å². The molecule has 1 N–H and O–H groups in total. The zero-order valence-corrected chi connectivity index (χ0v) is 18.6. The predicted octanol–water partition coefficient (Wildman–Crippen LogP) is 3.26. The van der Waals surface area contributed by atoms with E-state index in [1.54, 1.807) is 22.8 Å². The lowest BCUT2D eigenvalue weighted by atomic mass is 10.2. The monoisotopic (exact) mass is 460 g/mol. The molecule has 1 fully saturated rings. The third kappa shape index (κ3) is 3.54. The number of rotatable bonds is 7. The van der Waals surface area contributed by atoms with Crippen LogP contribution in [0.25, 0.3) is 11.0 Å². The molecular weight excluding hydrogens is 436 g/mol. The van der Waals surface area contributed by atoms with Gasteiger partial charge >= 0.3 is 11.7 Å². The Hall–Kier alpha value is -3.27. The molecule has 9 nitrogen and oxygen atoms in total. The molecule has 1 saturated carbocycles. The van der Waals surface area contributed by atoms with Gasteiger partial charge in [0.25, 0.3) is 10.0 Å². The van der Waals surface area contributed by atoms with Crippen LogP contribution in [0.3, 0.4) is 0 Å². The molecule has 1 heterocycles. The van der Waals surface area contributed by atoms with Gasteiger partial charge in [-0.1, -0.05) is 12.8 Å². The molecule has 1 aromatic heterocycles. The summed E-state index contributed by atoms with van der Waals surface area (Å²) < 4.78 is 40.4. The van der Waals surface area contributed by atoms with Gasteiger partial charge in [-0.2, -0.15) is 3.97 Å². The topological polar surface area (TPSA) is 117 Å². The number of carbonyl (C=O) groups is 1. The molecule has 2 aromatic carbocycles. The minimum atomic E-state index is -4.39. The van der Waals surface area contributed by atoms with Crippen molar-refractivity contribution in [2.75, 3.05) is 13.7 Å². The Kier molecular flexibility index (Phi) is 5.72. The van der Waals surface area contributed by atoms with Gasteiger partial charge in [0.15, 0.2) is 0 Å². The van der Waals surface area contributed by atoms with Crippen molar-refractivity contribution in [3.05, 3.63) is 52.4 Å². The van der Waals surface area contributed by atoms with Gasteiger partial charge in [-0.05, 0) is 50.1 Å². The van der Waals surface area contributed by atoms with Crippen LogP contribution in [-0.4, -0.2) is 41.7 Å². The van der Waals surface area contributed by atoms with Gasteiger partial charge in [-0.3, -0.25) is 4.57 Å². The van der Waals surface area contributed by atoms with Gasteiger partial charge < -0.3 is 14.6 Å². The van der Waals surface area contributed by atoms with E-state index in [2.05, 4.69) is 0 Å². The zero-order chi connectivity index (χ0) is 23.0. The Morgan fingerprint density at radius 3 is 2.47 bits per heavy atom. The highest BCUT2D eigenvalue weighted by molar-refractivity contribution is 7.90. The first-order valence-electron chi connectivity index (χ1n) is 10.4. The molecule has 32 heavy (non-hydrogen) atoms. The molecule has 0 amide bonds. The summed E-state index contributed by atoms with van der Waals surface area (Å²) >= 11 is 0. The first kappa shape index (κ1) is 21.9. The highest BCUT2D eigenvalue weighted by Gasteiger charge is 2.31. The number of methoxy groups -OCH3 is 1. The third-order valence-electron chi connectivity index (χ3n) is 5.73. The maximum absolute atomic E-state index is 13.7. The van der Waals surface area contributed by atoms with Crippen molar-refractivity contribution < 1.29 is 27.8 Å². The summed E-state index contributed by atoms with van der Waals surface area (Å²) in [4.78, 5) is 24.5. The summed E-state index contributed by atoms with van der Waals surface area (Å²) in [6.07, 6.45) is 3.50. The van der Waals surface area contributed by atoms with Crippen LogP contribution in [0.2, 0.25) is 0 Å². The number of benzene rings is 2. The van der Waals surface area contributed by atoms with E-state index in [0.29, 0.717) is 17.9 Å². The molecule has 170 valence electrons. The Labute approximate surface area is 184 Å². The number of hydrogen-bond acceptors (Lipinski definition) is 6. The zero-order valence-electron chi connectivity index (χ0n) is 17.8. The third-order valence-corrected chi connectivity index (χ3v) is 7.46. The van der Waals surface area contributed by atoms with E-state index in [1.165, 1.54) is 13.2 Å². The standard InChI is InChI=1S/C22H24N2O7S/c1-3-31-16-9-10-17-18(13-16)23(15-6-4-5-7-15)22(27)24(17)32(28,29)20-11-8-14(21(25)26)12-19(20)30-2/h8-13,15H,3-7H2,1-2H3,(H,25,26). The Bertz CT molecular complexity index is 1350. The SMILES string of the molecule is CCOc1ccc2c(c1)n(C1CCCC1)c(=O)n2S(=O)(=O)c1ccc(C(=O)O)cc1OC. The number of ether oxygens (including phenoxy) is 2. The molecule has 0 unspecified atom stereocenters. The van der Waals surface area contributed by atoms with Gasteiger partial charge in [-0.15, -0.1) is 0 Å². The fourth-order valence-corrected chi connectivity index (χ4v) is 5.83. The number of nitrogens with zero attached hydrogens (tertiary/aromatic N) is 2. The highest BCUT2D eigenvalue weighted by Crippen LogP contribution is 2.34. The van der Waals surface area contributed by atoms with Crippen LogP contribution in [0.1, 0.15) is 49.0 Å². The second-order valence-electron chi connectivity index (χ2n) is 7.61. The summed E-state index contributed by atoms with van der Waals surface area (Å²) in [6.45, 7) is 2.28. The number of fused-ring (bicyclic) bond motifs is 1. The second kappa shape index (κ2) is 8.34. The van der Waals surface area contributed by atoms with Crippen LogP contribution in [0.15, 0.2) is 46.1 Å². The number of aromatic carboxylic acids is 1. The second-order valence-corrected chi connectivity index (χ2v) is 9.37. The van der Waals surface area contributed by atoms with Crippen molar-refractivity contribution in [3.8, 4) is 11.5 Å². The average Bonchev–Trinajstić information content (AvgIpc) is 3.38. The minimum Gasteiger partial charge on any atom is -0.495 e. The molecule has 1 aliphatic carbocycles. The van der Waals surface area contributed by atoms with Crippen LogP contribution < -0.4 is 15.2 Å². The van der Waals surface area contributed by atoms with E-state index < -0.39 is 21.7 Å². The fourth-order valence-electron chi connectivity index (χ4n) is 4.29. The molecular formula is C22H24N2O7S. The summed E-state index contributed by atoms with van der Waals surface area (Å²) in [6, 6.07) is 8.22. The minimum absolute atomic E-state index is 0.102. The molecule has 4 rings (SSSR count). The van der Waals surface area contributed by atoms with Crippen LogP contribution in [0.4, 0.5) is 0 Å². The first-order chi connectivity index (χ1) is 15.3. The first-order valence-corrected chi connectivity index (χ1v) is 11.8. The lowest BCUT2D eigenvalue weighted by molar-refractivity contribution is 0.0696. The molecule has 0 saturated heterocycles. The smallest absolute Gasteiger partial charge is 0.343 e. The quantitative estimate of drug-likeness (QED) is 0.575. The Morgan fingerprint density at radius 2 is 1.84 bits per heavy atom. The van der Waals surface area contributed by atoms with Gasteiger partial charge in [-0.25, -0.2) is 18.0 Å². The summed E-state index contributed by atoms with van der Waals surface area (Å²) in [5.74, 6) is -0.820. The van der Waals surface area contributed by atoms with E-state index in [9.17, 15) is 23.1 Å². The van der Waals surface area contributed by atoms with Crippen molar-refractivity contribution in [1.82, 2.24) is 8.54 Å². The van der Waals surface area contributed by atoms with Crippen LogP contribution >= 0.6 is 0 Å². The van der Waals surface area contributed by atoms with Crippen LogP contribution in [0, 0.1) is 0 Å². The Balaban J connectivity index is 1.99. The highest BCUT2D eigenvalue weighted by atomic mass is 32.2. The van der Waals surface area contributed by atoms with Crippen molar-refractivity contribution in [3.63, 3.8) is 0 Å². The molecule has 10 heteroatoms. The van der Waals surface area contributed by atoms with E-state index in [1.807, 2.05) is 6.92 Å². The van der Waals surface area contributed by atoms with Crippen LogP contribution in [-0.2, 0) is 10.0 Å². The number of aromatic nitrogens is 2. The predicted molar refractivity (Wildman–Crippen MR) is 117 cm³/mol. The van der Waals surface area contributed by atoms with Gasteiger partial charge in [0.05, 0.1) is 30.3 Å². The van der Waals surface area contributed by atoms with Gasteiger partial charge in [0, 0.05) is 12.1 Å². The van der Waals surface area contributed by atoms with E-state index >= 15 is 0 Å². The van der Waals surface area contributed by atoms with Gasteiger partial charge in [0.2, 0.25) is 0 Å². The van der Waals surface area contributed by atoms with Crippen molar-refractivity contribution in [2.24, 2.45) is 0 Å². The molecule has 1 aliphatic rings. The lowest BCUT2D eigenvalue weighted by Crippen LogP contribution is -2.31. The molecule has 0 spiro atoms. The van der Waals surface area contributed by atoms with Crippen molar-refractivity contribution in [1.29, 1.82) is 0 Å². The normalized spacial score (nSPS) is 14.7. The van der Waals surface area contributed by atoms with E-state index in [-0.39, 0.29) is 27.8 Å². The average molecular weight is 461 g/mol. The van der Waals surface area contributed by atoms with Gasteiger partial charge in [0.1, 0.15) is 16.4 Å². The van der Waals surface area contributed by atoms with Crippen molar-refractivity contribution >= 4 is 27.0 Å². The maximum atomic E-state index is 13.7. The number of carboxylic acids is 1. The fraction of sp³-hybridized carbons (Fsp3) is 0.364. The van der Waals surface area contributed by atoms with E-state index in [4.69, 9.17) is 9.47 Å². The number of carboxylic acid groups (broad SMARTS) is 1. The summed E-state index contributed by atoms with van der Waals surface area (Å²) in [5, 5.41) is 9.22. The molecule has 0 bridgehead atoms. The summed E-state index contributed by atoms with van der Waals surface area (Å²) in [5.41, 5.74) is -0.0694. The largest absolute Gasteiger partial charge is 0.495 e. The molecule has 0 atom stereocenters. The Morgan fingerprint density at radius 1 is 1.12 bits per heavy atom. The molecule has 0 radical (unpaired) electrons. The molecule has 0 aliphatic heterocycles. The summed E-state index contributed by atoms with van der Waals surface area (Å²) in [7, 11) is -3.14. The van der Waals surface area contributed by atoms with Crippen molar-refractivity contribution in [2.45, 2.75) is 43.5 Å². The lowest BCUT2D eigenvalue weighted by Gasteiger charge is -2.12. The molecule has 3 aromatic rings.